The first kappa shape index (κ1) is 13.5. The van der Waals surface area contributed by atoms with Gasteiger partial charge < -0.3 is 21.9 Å². The summed E-state index contributed by atoms with van der Waals surface area (Å²) in [7, 11) is 3.49. The van der Waals surface area contributed by atoms with Crippen LogP contribution in [0.5, 0.6) is 5.75 Å². The minimum absolute atomic E-state index is 0. The number of ether oxygens (including phenoxy) is 2. The molecule has 0 heterocycles. The number of rotatable bonds is 2. The van der Waals surface area contributed by atoms with Crippen LogP contribution in [0.1, 0.15) is 0 Å². The first-order chi connectivity index (χ1) is 6.68. The molecule has 1 aromatic rings. The van der Waals surface area contributed by atoms with E-state index in [1.54, 1.807) is 42.9 Å². The summed E-state index contributed by atoms with van der Waals surface area (Å²) < 4.78 is 11.1. The third kappa shape index (κ3) is 5.70. The third-order valence-corrected chi connectivity index (χ3v) is 1.30. The normalized spacial score (nSPS) is 8.40. The molecule has 0 spiro atoms. The Morgan fingerprint density at radius 1 is 1.27 bits per heavy atom. The Morgan fingerprint density at radius 2 is 1.87 bits per heavy atom. The number of carbonyl (C=O) groups excluding carboxylic acids is 1. The summed E-state index contributed by atoms with van der Waals surface area (Å²) in [5.74, 6) is 0.463. The molecule has 82 valence electrons. The molecule has 0 aromatic heterocycles. The van der Waals surface area contributed by atoms with Gasteiger partial charge >= 0.3 is 12.6 Å². The fourth-order valence-corrected chi connectivity index (χ4v) is 0.757. The number of hydrogen-bond donors (Lipinski definition) is 0. The number of carbonyl (C=O) groups is 1. The molecule has 0 aliphatic rings. The third-order valence-electron chi connectivity index (χ3n) is 1.30. The summed E-state index contributed by atoms with van der Waals surface area (Å²) in [5.41, 5.74) is 0. The van der Waals surface area contributed by atoms with E-state index < -0.39 is 6.16 Å². The van der Waals surface area contributed by atoms with Gasteiger partial charge in [-0.15, -0.1) is 0 Å². The van der Waals surface area contributed by atoms with Crippen LogP contribution in [0, 0.1) is 0 Å². The predicted molar refractivity (Wildman–Crippen MR) is 51.7 cm³/mol. The van der Waals surface area contributed by atoms with Crippen LogP contribution in [0.25, 0.3) is 0 Å². The summed E-state index contributed by atoms with van der Waals surface area (Å²) in [4.78, 5) is 11.0. The van der Waals surface area contributed by atoms with Crippen molar-refractivity contribution in [3.8, 4) is 5.75 Å². The Kier molecular flexibility index (Phi) is 6.13. The van der Waals surface area contributed by atoms with E-state index in [4.69, 9.17) is 4.74 Å². The topological polar surface area (TPSA) is 38.5 Å². The molecule has 1 rings (SSSR count). The maximum atomic E-state index is 11.0. The molecule has 0 fully saturated rings. The minimum Gasteiger partial charge on any atom is -1.00 e. The predicted octanol–water partition coefficient (Wildman–Crippen LogP) is -1.49. The van der Waals surface area contributed by atoms with E-state index in [1.807, 2.05) is 6.07 Å². The molecule has 0 amide bonds. The zero-order valence-corrected chi connectivity index (χ0v) is 9.27. The van der Waals surface area contributed by atoms with E-state index >= 15 is 0 Å². The summed E-state index contributed by atoms with van der Waals surface area (Å²) in [6.45, 7) is 0. The molecule has 0 atom stereocenters. The highest BCUT2D eigenvalue weighted by molar-refractivity contribution is 5.71. The quantitative estimate of drug-likeness (QED) is 0.204. The monoisotopic (exact) mass is 229 g/mol. The minimum atomic E-state index is -0.745. The van der Waals surface area contributed by atoms with Crippen LogP contribution in [-0.2, 0) is 4.74 Å². The molecule has 0 N–H and O–H groups in total. The smallest absolute Gasteiger partial charge is 0.523 e. The van der Waals surface area contributed by atoms with E-state index in [1.165, 1.54) is 6.40 Å². The van der Waals surface area contributed by atoms with Gasteiger partial charge in [0.2, 0.25) is 0 Å². The highest BCUT2D eigenvalue weighted by Gasteiger charge is 2.04. The molecule has 0 bridgehead atoms. The summed E-state index contributed by atoms with van der Waals surface area (Å²) in [6, 6.07) is 8.74. The van der Waals surface area contributed by atoms with Gasteiger partial charge in [0.1, 0.15) is 19.8 Å². The van der Waals surface area contributed by atoms with Gasteiger partial charge in [0.25, 0.3) is 0 Å². The van der Waals surface area contributed by atoms with Crippen molar-refractivity contribution in [1.82, 2.24) is 0 Å². The van der Waals surface area contributed by atoms with E-state index in [2.05, 4.69) is 4.74 Å². The van der Waals surface area contributed by atoms with Crippen LogP contribution in [0.3, 0.4) is 0 Å². The van der Waals surface area contributed by atoms with Crippen molar-refractivity contribution < 1.29 is 31.3 Å². The standard InChI is InChI=1S/C10H12NO3.ClH/c1-11(2)8-13-10(12)14-9-6-4-3-5-7-9;/h3-8H,1-2H3;1H/q+1;/p-1. The Morgan fingerprint density at radius 3 is 2.40 bits per heavy atom. The lowest BCUT2D eigenvalue weighted by Gasteiger charge is -1.99. The highest BCUT2D eigenvalue weighted by atomic mass is 35.5. The van der Waals surface area contributed by atoms with Crippen molar-refractivity contribution in [3.05, 3.63) is 30.3 Å². The zero-order valence-electron chi connectivity index (χ0n) is 8.51. The molecule has 0 unspecified atom stereocenters. The Balaban J connectivity index is 0.00000196. The van der Waals surface area contributed by atoms with Gasteiger partial charge in [-0.1, -0.05) is 18.2 Å². The van der Waals surface area contributed by atoms with Gasteiger partial charge in [-0.2, -0.15) is 0 Å². The van der Waals surface area contributed by atoms with Gasteiger partial charge in [-0.3, -0.25) is 0 Å². The van der Waals surface area contributed by atoms with Gasteiger partial charge in [-0.25, -0.2) is 9.37 Å². The molecule has 0 saturated carbocycles. The van der Waals surface area contributed by atoms with Gasteiger partial charge in [0.15, 0.2) is 0 Å². The number of benzene rings is 1. The van der Waals surface area contributed by atoms with E-state index in [9.17, 15) is 4.79 Å². The van der Waals surface area contributed by atoms with Gasteiger partial charge in [0.05, 0.1) is 0 Å². The SMILES string of the molecule is C[N+](C)=COC(=O)Oc1ccccc1.[Cl-]. The molecule has 0 aliphatic carbocycles. The fourth-order valence-electron chi connectivity index (χ4n) is 0.757. The second-order valence-corrected chi connectivity index (χ2v) is 2.85. The average molecular weight is 230 g/mol. The number of para-hydroxylation sites is 1. The highest BCUT2D eigenvalue weighted by Crippen LogP contribution is 2.08. The molecular weight excluding hydrogens is 218 g/mol. The molecular formula is C10H12ClNO3. The van der Waals surface area contributed by atoms with Crippen LogP contribution in [-0.4, -0.2) is 31.2 Å². The molecule has 15 heavy (non-hydrogen) atoms. The molecule has 5 heteroatoms. The van der Waals surface area contributed by atoms with Crippen molar-refractivity contribution >= 4 is 12.6 Å². The van der Waals surface area contributed by atoms with E-state index in [0.717, 1.165) is 0 Å². The fraction of sp³-hybridized carbons (Fsp3) is 0.200. The lowest BCUT2D eigenvalue weighted by Crippen LogP contribution is -3.00. The van der Waals surface area contributed by atoms with Crippen LogP contribution in [0.2, 0.25) is 0 Å². The number of nitrogens with zero attached hydrogens (tertiary/aromatic N) is 1. The number of halogens is 1. The van der Waals surface area contributed by atoms with Crippen molar-refractivity contribution in [2.24, 2.45) is 0 Å². The molecule has 1 aromatic carbocycles. The van der Waals surface area contributed by atoms with E-state index in [-0.39, 0.29) is 12.4 Å². The maximum Gasteiger partial charge on any atom is 0.523 e. The first-order valence-electron chi connectivity index (χ1n) is 4.12. The van der Waals surface area contributed by atoms with Crippen LogP contribution < -0.4 is 17.1 Å². The maximum absolute atomic E-state index is 11.0. The summed E-state index contributed by atoms with van der Waals surface area (Å²) in [6.07, 6.45) is 0.524. The molecule has 0 aliphatic heterocycles. The second-order valence-electron chi connectivity index (χ2n) is 2.85. The Labute approximate surface area is 94.5 Å². The Hall–Kier alpha value is -1.55. The van der Waals surface area contributed by atoms with Crippen molar-refractivity contribution in [2.75, 3.05) is 14.1 Å². The summed E-state index contributed by atoms with van der Waals surface area (Å²) in [5, 5.41) is 0. The second kappa shape index (κ2) is 6.84. The van der Waals surface area contributed by atoms with Crippen LogP contribution in [0.4, 0.5) is 4.79 Å². The van der Waals surface area contributed by atoms with Crippen molar-refractivity contribution in [2.45, 2.75) is 0 Å². The molecule has 0 radical (unpaired) electrons. The van der Waals surface area contributed by atoms with Gasteiger partial charge in [0, 0.05) is 0 Å². The average Bonchev–Trinajstić information content (AvgIpc) is 2.16. The first-order valence-corrected chi connectivity index (χ1v) is 4.12. The number of hydrogen-bond acceptors (Lipinski definition) is 3. The van der Waals surface area contributed by atoms with Crippen molar-refractivity contribution in [3.63, 3.8) is 0 Å². The summed E-state index contributed by atoms with van der Waals surface area (Å²) >= 11 is 0. The van der Waals surface area contributed by atoms with E-state index in [0.29, 0.717) is 5.75 Å². The van der Waals surface area contributed by atoms with Crippen LogP contribution in [0.15, 0.2) is 30.3 Å². The molecule has 4 nitrogen and oxygen atoms in total. The largest absolute Gasteiger partial charge is 1.00 e. The van der Waals surface area contributed by atoms with Gasteiger partial charge in [-0.05, 0) is 12.1 Å². The zero-order chi connectivity index (χ0) is 10.4. The van der Waals surface area contributed by atoms with Crippen molar-refractivity contribution in [1.29, 1.82) is 0 Å². The van der Waals surface area contributed by atoms with Crippen LogP contribution >= 0.6 is 0 Å². The molecule has 0 saturated heterocycles. The lowest BCUT2D eigenvalue weighted by atomic mass is 10.3. The lowest BCUT2D eigenvalue weighted by molar-refractivity contribution is -0.466. The Bertz CT molecular complexity index is 334.